The molecule has 0 bridgehead atoms. The number of aromatic nitrogens is 1. The fraction of sp³-hybridized carbons (Fsp3) is 0.692. The number of rotatable bonds is 8. The molecule has 2 N–H and O–H groups in total. The molecule has 0 aliphatic rings. The zero-order chi connectivity index (χ0) is 14.3. The summed E-state index contributed by atoms with van der Waals surface area (Å²) < 4.78 is 5.06. The zero-order valence-corrected chi connectivity index (χ0v) is 12.7. The minimum Gasteiger partial charge on any atom is -0.383 e. The van der Waals surface area contributed by atoms with Gasteiger partial charge in [-0.1, -0.05) is 13.8 Å². The fourth-order valence-electron chi connectivity index (χ4n) is 1.73. The molecular weight excluding hydrogens is 262 g/mol. The number of hydrogen-bond acceptors (Lipinski definition) is 5. The van der Waals surface area contributed by atoms with Crippen molar-refractivity contribution in [2.45, 2.75) is 20.3 Å². The van der Waals surface area contributed by atoms with Gasteiger partial charge in [0.15, 0.2) is 0 Å². The molecule has 0 fully saturated rings. The van der Waals surface area contributed by atoms with Crippen LogP contribution in [0.2, 0.25) is 0 Å². The largest absolute Gasteiger partial charge is 0.383 e. The predicted molar refractivity (Wildman–Crippen MR) is 77.5 cm³/mol. The van der Waals surface area contributed by atoms with Crippen molar-refractivity contribution < 1.29 is 9.53 Å². The summed E-state index contributed by atoms with van der Waals surface area (Å²) in [5.74, 6) is 0.397. The van der Waals surface area contributed by atoms with Gasteiger partial charge in [-0.25, -0.2) is 4.98 Å². The molecule has 0 unspecified atom stereocenters. The van der Waals surface area contributed by atoms with E-state index in [1.165, 1.54) is 11.3 Å². The van der Waals surface area contributed by atoms with E-state index in [1.807, 2.05) is 5.38 Å². The second kappa shape index (κ2) is 8.24. The number of nitrogens with zero attached hydrogens (tertiary/aromatic N) is 2. The molecule has 0 aliphatic heterocycles. The maximum Gasteiger partial charge on any atom is 0.273 e. The number of thiazole rings is 1. The highest BCUT2D eigenvalue weighted by molar-refractivity contribution is 7.09. The number of nitrogens with two attached hydrogens (primary N) is 1. The Kier molecular flexibility index (Phi) is 6.97. The highest BCUT2D eigenvalue weighted by atomic mass is 32.1. The van der Waals surface area contributed by atoms with Gasteiger partial charge in [-0.3, -0.25) is 4.79 Å². The number of amides is 1. The van der Waals surface area contributed by atoms with Crippen LogP contribution < -0.4 is 5.73 Å². The second-order valence-electron chi connectivity index (χ2n) is 4.80. The van der Waals surface area contributed by atoms with Crippen LogP contribution >= 0.6 is 11.3 Å². The lowest BCUT2D eigenvalue weighted by Crippen LogP contribution is -2.37. The van der Waals surface area contributed by atoms with E-state index < -0.39 is 0 Å². The van der Waals surface area contributed by atoms with E-state index in [1.54, 1.807) is 12.0 Å². The van der Waals surface area contributed by atoms with Gasteiger partial charge in [-0.2, -0.15) is 0 Å². The lowest BCUT2D eigenvalue weighted by molar-refractivity contribution is 0.0667. The monoisotopic (exact) mass is 285 g/mol. The molecule has 0 radical (unpaired) electrons. The minimum atomic E-state index is -0.0229. The molecule has 0 atom stereocenters. The smallest absolute Gasteiger partial charge is 0.273 e. The van der Waals surface area contributed by atoms with Crippen LogP contribution in [0.3, 0.4) is 0 Å². The summed E-state index contributed by atoms with van der Waals surface area (Å²) in [5, 5.41) is 2.73. The second-order valence-corrected chi connectivity index (χ2v) is 5.75. The predicted octanol–water partition coefficient (Wildman–Crippen LogP) is 1.39. The molecule has 1 aromatic heterocycles. The lowest BCUT2D eigenvalue weighted by atomic mass is 10.2. The first-order valence-corrected chi connectivity index (χ1v) is 7.39. The molecule has 19 heavy (non-hydrogen) atoms. The summed E-state index contributed by atoms with van der Waals surface area (Å²) in [6.07, 6.45) is 0.722. The number of carbonyl (C=O) groups excluding carboxylic acids is 1. The molecule has 0 aromatic carbocycles. The van der Waals surface area contributed by atoms with E-state index in [4.69, 9.17) is 10.5 Å². The molecule has 1 heterocycles. The van der Waals surface area contributed by atoms with Crippen molar-refractivity contribution in [2.75, 3.05) is 33.4 Å². The van der Waals surface area contributed by atoms with Crippen molar-refractivity contribution in [3.8, 4) is 0 Å². The van der Waals surface area contributed by atoms with Gasteiger partial charge >= 0.3 is 0 Å². The third-order valence-electron chi connectivity index (χ3n) is 2.57. The Balaban J connectivity index is 2.72. The third-order valence-corrected chi connectivity index (χ3v) is 3.48. The average Bonchev–Trinajstić information content (AvgIpc) is 2.82. The molecular formula is C13H23N3O2S. The molecule has 0 saturated heterocycles. The maximum atomic E-state index is 12.4. The van der Waals surface area contributed by atoms with Gasteiger partial charge in [0.2, 0.25) is 0 Å². The van der Waals surface area contributed by atoms with E-state index in [2.05, 4.69) is 18.8 Å². The van der Waals surface area contributed by atoms with Crippen LogP contribution in [0.1, 0.15) is 29.3 Å². The maximum absolute atomic E-state index is 12.4. The van der Waals surface area contributed by atoms with Crippen molar-refractivity contribution in [3.63, 3.8) is 0 Å². The van der Waals surface area contributed by atoms with Crippen LogP contribution in [0, 0.1) is 5.92 Å². The number of ether oxygens (including phenoxy) is 1. The summed E-state index contributed by atoms with van der Waals surface area (Å²) in [4.78, 5) is 18.5. The van der Waals surface area contributed by atoms with Crippen molar-refractivity contribution in [1.29, 1.82) is 0 Å². The Morgan fingerprint density at radius 2 is 2.32 bits per heavy atom. The first-order valence-electron chi connectivity index (χ1n) is 6.51. The summed E-state index contributed by atoms with van der Waals surface area (Å²) in [6.45, 7) is 6.59. The van der Waals surface area contributed by atoms with Crippen LogP contribution in [-0.4, -0.2) is 49.1 Å². The van der Waals surface area contributed by atoms with Crippen molar-refractivity contribution in [3.05, 3.63) is 16.1 Å². The van der Waals surface area contributed by atoms with Crippen LogP contribution in [0.5, 0.6) is 0 Å². The van der Waals surface area contributed by atoms with Gasteiger partial charge in [0, 0.05) is 32.0 Å². The average molecular weight is 285 g/mol. The van der Waals surface area contributed by atoms with Gasteiger partial charge in [-0.05, 0) is 12.5 Å². The highest BCUT2D eigenvalue weighted by Crippen LogP contribution is 2.13. The van der Waals surface area contributed by atoms with Gasteiger partial charge in [0.25, 0.3) is 5.91 Å². The van der Waals surface area contributed by atoms with Gasteiger partial charge in [-0.15, -0.1) is 11.3 Å². The lowest BCUT2D eigenvalue weighted by Gasteiger charge is -2.23. The number of hydrogen-bond donors (Lipinski definition) is 1. The van der Waals surface area contributed by atoms with Crippen LogP contribution in [-0.2, 0) is 11.2 Å². The first-order chi connectivity index (χ1) is 9.08. The van der Waals surface area contributed by atoms with E-state index in [0.29, 0.717) is 37.9 Å². The normalized spacial score (nSPS) is 11.0. The van der Waals surface area contributed by atoms with Gasteiger partial charge in [0.05, 0.1) is 11.6 Å². The Bertz CT molecular complexity index is 393. The van der Waals surface area contributed by atoms with Gasteiger partial charge in [0.1, 0.15) is 5.69 Å². The fourth-order valence-corrected chi connectivity index (χ4v) is 2.52. The van der Waals surface area contributed by atoms with Crippen molar-refractivity contribution in [1.82, 2.24) is 9.88 Å². The van der Waals surface area contributed by atoms with E-state index in [0.717, 1.165) is 11.4 Å². The van der Waals surface area contributed by atoms with Crippen LogP contribution in [0.25, 0.3) is 0 Å². The molecule has 1 aromatic rings. The first kappa shape index (κ1) is 16.1. The number of carbonyl (C=O) groups is 1. The summed E-state index contributed by atoms with van der Waals surface area (Å²) in [6, 6.07) is 0. The van der Waals surface area contributed by atoms with Crippen LogP contribution in [0.4, 0.5) is 0 Å². The molecule has 6 heteroatoms. The minimum absolute atomic E-state index is 0.0229. The molecule has 108 valence electrons. The SMILES string of the molecule is COCCN(CC(C)C)C(=O)c1csc(CCN)n1. The topological polar surface area (TPSA) is 68.5 Å². The molecule has 1 amide bonds. The van der Waals surface area contributed by atoms with Crippen LogP contribution in [0.15, 0.2) is 5.38 Å². The summed E-state index contributed by atoms with van der Waals surface area (Å²) in [5.41, 5.74) is 6.01. The van der Waals surface area contributed by atoms with E-state index >= 15 is 0 Å². The van der Waals surface area contributed by atoms with Crippen molar-refractivity contribution >= 4 is 17.2 Å². The molecule has 0 saturated carbocycles. The summed E-state index contributed by atoms with van der Waals surface area (Å²) in [7, 11) is 1.64. The zero-order valence-electron chi connectivity index (χ0n) is 11.9. The molecule has 0 spiro atoms. The molecule has 0 aliphatic carbocycles. The Morgan fingerprint density at radius 3 is 2.89 bits per heavy atom. The van der Waals surface area contributed by atoms with E-state index in [-0.39, 0.29) is 5.91 Å². The Labute approximate surface area is 118 Å². The van der Waals surface area contributed by atoms with Gasteiger partial charge < -0.3 is 15.4 Å². The Hall–Kier alpha value is -0.980. The number of methoxy groups -OCH3 is 1. The highest BCUT2D eigenvalue weighted by Gasteiger charge is 2.19. The van der Waals surface area contributed by atoms with Crippen molar-refractivity contribution in [2.24, 2.45) is 11.7 Å². The molecule has 1 rings (SSSR count). The quantitative estimate of drug-likeness (QED) is 0.783. The third kappa shape index (κ3) is 5.26. The summed E-state index contributed by atoms with van der Waals surface area (Å²) >= 11 is 1.49. The standard InChI is InChI=1S/C13H23N3O2S/c1-10(2)8-16(6-7-18-3)13(17)11-9-19-12(15-11)4-5-14/h9-10H,4-8,14H2,1-3H3. The molecule has 5 nitrogen and oxygen atoms in total. The van der Waals surface area contributed by atoms with E-state index in [9.17, 15) is 4.79 Å². The Morgan fingerprint density at radius 1 is 1.58 bits per heavy atom.